The zero-order chi connectivity index (χ0) is 52.0. The zero-order valence-corrected chi connectivity index (χ0v) is 47.4. The molecule has 0 saturated heterocycles. The van der Waals surface area contributed by atoms with Crippen molar-refractivity contribution in [1.29, 1.82) is 0 Å². The number of hydrogen-bond acceptors (Lipinski definition) is 3. The van der Waals surface area contributed by atoms with E-state index >= 15 is 0 Å². The van der Waals surface area contributed by atoms with Gasteiger partial charge in [0.15, 0.2) is 0 Å². The SMILES string of the molecule is CC/C=C\C/C=C\C/C=C\C/C=C\C/C=C\C/C=C\C/C=C\C/C=C\C/C=C\C/C=C\CCCCC(=O)NC(CO)C(O)CCCCCCCCCCCCCCCCCCCCCCCCCCCCC. The van der Waals surface area contributed by atoms with Crippen LogP contribution < -0.4 is 5.32 Å². The number of aliphatic hydroxyl groups is 2. The fourth-order valence-electron chi connectivity index (χ4n) is 8.86. The number of allylic oxidation sites excluding steroid dienone is 20. The van der Waals surface area contributed by atoms with E-state index < -0.39 is 12.1 Å². The maximum absolute atomic E-state index is 12.5. The molecule has 412 valence electrons. The van der Waals surface area contributed by atoms with E-state index in [1.165, 1.54) is 161 Å². The fraction of sp³-hybridized carbons (Fsp3) is 0.691. The van der Waals surface area contributed by atoms with Crippen LogP contribution in [0.1, 0.15) is 284 Å². The minimum absolute atomic E-state index is 0.0753. The van der Waals surface area contributed by atoms with Gasteiger partial charge >= 0.3 is 0 Å². The first-order valence-corrected chi connectivity index (χ1v) is 30.7. The molecule has 0 aliphatic heterocycles. The Hall–Kier alpha value is -3.21. The molecule has 0 heterocycles. The largest absolute Gasteiger partial charge is 0.394 e. The molecule has 2 atom stereocenters. The van der Waals surface area contributed by atoms with Crippen LogP contribution in [0.2, 0.25) is 0 Å². The molecular formula is C68H117NO3. The lowest BCUT2D eigenvalue weighted by molar-refractivity contribution is -0.123. The Balaban J connectivity index is 3.62. The first-order chi connectivity index (χ1) is 35.7. The van der Waals surface area contributed by atoms with Crippen molar-refractivity contribution in [3.63, 3.8) is 0 Å². The Morgan fingerprint density at radius 2 is 0.611 bits per heavy atom. The van der Waals surface area contributed by atoms with Crippen LogP contribution in [0.25, 0.3) is 0 Å². The molecule has 0 spiro atoms. The van der Waals surface area contributed by atoms with Crippen LogP contribution in [0.15, 0.2) is 122 Å². The highest BCUT2D eigenvalue weighted by atomic mass is 16.3. The molecule has 0 aliphatic rings. The van der Waals surface area contributed by atoms with E-state index in [0.29, 0.717) is 12.8 Å². The molecule has 0 aromatic carbocycles. The summed E-state index contributed by atoms with van der Waals surface area (Å²) >= 11 is 0. The van der Waals surface area contributed by atoms with Gasteiger partial charge in [0.05, 0.1) is 18.8 Å². The van der Waals surface area contributed by atoms with Gasteiger partial charge in [0, 0.05) is 6.42 Å². The number of carbonyl (C=O) groups excluding carboxylic acids is 1. The first-order valence-electron chi connectivity index (χ1n) is 30.7. The second kappa shape index (κ2) is 62.1. The summed E-state index contributed by atoms with van der Waals surface area (Å²) in [7, 11) is 0. The molecule has 0 aliphatic carbocycles. The molecule has 0 aromatic rings. The molecule has 72 heavy (non-hydrogen) atoms. The predicted molar refractivity (Wildman–Crippen MR) is 322 cm³/mol. The molecule has 0 bridgehead atoms. The van der Waals surface area contributed by atoms with Crippen molar-refractivity contribution in [1.82, 2.24) is 5.32 Å². The molecule has 4 nitrogen and oxygen atoms in total. The van der Waals surface area contributed by atoms with Crippen LogP contribution in [0.4, 0.5) is 0 Å². The predicted octanol–water partition coefficient (Wildman–Crippen LogP) is 20.8. The Bertz CT molecular complexity index is 1410. The van der Waals surface area contributed by atoms with Crippen LogP contribution in [0.3, 0.4) is 0 Å². The second-order valence-corrected chi connectivity index (χ2v) is 20.4. The summed E-state index contributed by atoms with van der Waals surface area (Å²) < 4.78 is 0. The van der Waals surface area contributed by atoms with E-state index in [4.69, 9.17) is 0 Å². The average molecular weight is 997 g/mol. The topological polar surface area (TPSA) is 69.6 Å². The van der Waals surface area contributed by atoms with Crippen molar-refractivity contribution >= 4 is 5.91 Å². The van der Waals surface area contributed by atoms with Gasteiger partial charge in [0.2, 0.25) is 5.91 Å². The van der Waals surface area contributed by atoms with E-state index in [-0.39, 0.29) is 12.5 Å². The van der Waals surface area contributed by atoms with Gasteiger partial charge in [0.1, 0.15) is 0 Å². The molecule has 3 N–H and O–H groups in total. The van der Waals surface area contributed by atoms with E-state index in [1.54, 1.807) is 0 Å². The highest BCUT2D eigenvalue weighted by Gasteiger charge is 2.20. The number of aliphatic hydroxyl groups excluding tert-OH is 2. The van der Waals surface area contributed by atoms with Crippen LogP contribution in [0.5, 0.6) is 0 Å². The Kier molecular flexibility index (Phi) is 59.3. The highest BCUT2D eigenvalue weighted by Crippen LogP contribution is 2.17. The van der Waals surface area contributed by atoms with Crippen molar-refractivity contribution in [2.75, 3.05) is 6.61 Å². The minimum atomic E-state index is -0.689. The molecule has 2 unspecified atom stereocenters. The normalized spacial score (nSPS) is 13.7. The number of unbranched alkanes of at least 4 members (excludes halogenated alkanes) is 28. The highest BCUT2D eigenvalue weighted by molar-refractivity contribution is 5.76. The zero-order valence-electron chi connectivity index (χ0n) is 47.4. The number of rotatable bonds is 55. The maximum atomic E-state index is 12.5. The van der Waals surface area contributed by atoms with Crippen LogP contribution in [0, 0.1) is 0 Å². The molecule has 0 saturated carbocycles. The van der Waals surface area contributed by atoms with Crippen molar-refractivity contribution < 1.29 is 15.0 Å². The maximum Gasteiger partial charge on any atom is 0.220 e. The number of hydrogen-bond donors (Lipinski definition) is 3. The van der Waals surface area contributed by atoms with Crippen LogP contribution in [-0.2, 0) is 4.79 Å². The van der Waals surface area contributed by atoms with Gasteiger partial charge in [-0.05, 0) is 89.9 Å². The van der Waals surface area contributed by atoms with Gasteiger partial charge in [-0.25, -0.2) is 0 Å². The van der Waals surface area contributed by atoms with Crippen LogP contribution in [-0.4, -0.2) is 34.9 Å². The van der Waals surface area contributed by atoms with Crippen molar-refractivity contribution in [2.24, 2.45) is 0 Å². The smallest absolute Gasteiger partial charge is 0.220 e. The van der Waals surface area contributed by atoms with Gasteiger partial charge in [-0.15, -0.1) is 0 Å². The third-order valence-electron chi connectivity index (χ3n) is 13.5. The van der Waals surface area contributed by atoms with Gasteiger partial charge in [0.25, 0.3) is 0 Å². The monoisotopic (exact) mass is 996 g/mol. The van der Waals surface area contributed by atoms with Crippen molar-refractivity contribution in [3.05, 3.63) is 122 Å². The lowest BCUT2D eigenvalue weighted by atomic mass is 10.0. The number of carbonyl (C=O) groups is 1. The van der Waals surface area contributed by atoms with Crippen LogP contribution >= 0.6 is 0 Å². The Labute approximate surface area is 448 Å². The third kappa shape index (κ3) is 57.7. The second-order valence-electron chi connectivity index (χ2n) is 20.4. The summed E-state index contributed by atoms with van der Waals surface area (Å²) in [5.41, 5.74) is 0. The van der Waals surface area contributed by atoms with E-state index in [1.807, 2.05) is 0 Å². The van der Waals surface area contributed by atoms with Gasteiger partial charge < -0.3 is 15.5 Å². The molecule has 0 rings (SSSR count). The van der Waals surface area contributed by atoms with Crippen molar-refractivity contribution in [2.45, 2.75) is 296 Å². The number of nitrogens with one attached hydrogen (secondary N) is 1. The van der Waals surface area contributed by atoms with E-state index in [9.17, 15) is 15.0 Å². The van der Waals surface area contributed by atoms with E-state index in [0.717, 1.165) is 96.3 Å². The summed E-state index contributed by atoms with van der Waals surface area (Å²) in [6, 6.07) is -0.571. The lowest BCUT2D eigenvalue weighted by Gasteiger charge is -2.22. The molecular weight excluding hydrogens is 879 g/mol. The van der Waals surface area contributed by atoms with Gasteiger partial charge in [-0.1, -0.05) is 309 Å². The first kappa shape index (κ1) is 68.8. The quantitative estimate of drug-likeness (QED) is 0.0420. The summed E-state index contributed by atoms with van der Waals surface area (Å²) in [4.78, 5) is 12.5. The van der Waals surface area contributed by atoms with Gasteiger partial charge in [-0.3, -0.25) is 4.79 Å². The summed E-state index contributed by atoms with van der Waals surface area (Å²) in [5.74, 6) is -0.0753. The minimum Gasteiger partial charge on any atom is -0.394 e. The van der Waals surface area contributed by atoms with Gasteiger partial charge in [-0.2, -0.15) is 0 Å². The average Bonchev–Trinajstić information content (AvgIpc) is 3.39. The Morgan fingerprint density at radius 3 is 0.889 bits per heavy atom. The molecule has 4 heteroatoms. The summed E-state index contributed by atoms with van der Waals surface area (Å²) in [6.07, 6.45) is 94.9. The fourth-order valence-corrected chi connectivity index (χ4v) is 8.86. The lowest BCUT2D eigenvalue weighted by Crippen LogP contribution is -2.45. The molecule has 1 amide bonds. The van der Waals surface area contributed by atoms with Crippen molar-refractivity contribution in [3.8, 4) is 0 Å². The molecule has 0 fully saturated rings. The standard InChI is InChI=1S/C68H117NO3/c1-3-5-7-9-11-13-15-17-19-21-23-25-27-29-31-32-33-34-35-36-38-40-42-44-46-48-50-52-54-56-58-60-62-64-68(72)69-66(65-70)67(71)63-61-59-57-55-53-51-49-47-45-43-41-39-37-30-28-26-24-22-20-18-16-14-12-10-8-6-4-2/h5,7,11,13,17,19,23,25,29,31,33-34,36,38,42,44,48,50,54,56,66-67,70-71H,3-4,6,8-10,12,14-16,18,20-22,24,26-28,30,32,35,37,39-41,43,45-47,49,51-53,55,57-65H2,1-2H3,(H,69,72)/b7-5-,13-11-,19-17-,25-23-,31-29-,34-33-,38-36-,44-42-,50-48-,56-54-. The molecule has 0 radical (unpaired) electrons. The summed E-state index contributed by atoms with van der Waals surface area (Å²) in [6.45, 7) is 4.24. The summed E-state index contributed by atoms with van der Waals surface area (Å²) in [5, 5.41) is 23.4. The number of amides is 1. The molecule has 0 aromatic heterocycles. The van der Waals surface area contributed by atoms with E-state index in [2.05, 4.69) is 141 Å². The third-order valence-corrected chi connectivity index (χ3v) is 13.5. The Morgan fingerprint density at radius 1 is 0.347 bits per heavy atom.